The molecule has 3 heteroatoms. The second kappa shape index (κ2) is 5.20. The number of hydrogen-bond acceptors (Lipinski definition) is 2. The van der Waals surface area contributed by atoms with E-state index in [9.17, 15) is 4.79 Å². The Morgan fingerprint density at radius 2 is 1.45 bits per heavy atom. The van der Waals surface area contributed by atoms with Gasteiger partial charge in [0.25, 0.3) is 0 Å². The largest absolute Gasteiger partial charge is 0.330 e. The van der Waals surface area contributed by atoms with Gasteiger partial charge < -0.3 is 5.73 Å². The quantitative estimate of drug-likeness (QED) is 0.845. The molecule has 0 aliphatic carbocycles. The van der Waals surface area contributed by atoms with Crippen LogP contribution in [0.3, 0.4) is 0 Å². The van der Waals surface area contributed by atoms with Gasteiger partial charge in [-0.05, 0) is 24.3 Å². The number of fused-ring (bicyclic) bond motifs is 2. The summed E-state index contributed by atoms with van der Waals surface area (Å²) in [4.78, 5) is 14.2. The first-order valence-electron chi connectivity index (χ1n) is 6.54. The second-order valence-electron chi connectivity index (χ2n) is 4.55. The zero-order valence-electron chi connectivity index (χ0n) is 11.0. The van der Waals surface area contributed by atoms with Crippen LogP contribution in [0, 0.1) is 11.8 Å². The lowest BCUT2D eigenvalue weighted by atomic mass is 10.1. The molecular formula is C17H14N2O. The highest BCUT2D eigenvalue weighted by Crippen LogP contribution is 2.33. The average Bonchev–Trinajstić information content (AvgIpc) is 2.64. The molecule has 2 N–H and O–H groups in total. The van der Waals surface area contributed by atoms with Gasteiger partial charge in [0.15, 0.2) is 0 Å². The molecule has 1 aliphatic rings. The average molecular weight is 262 g/mol. The van der Waals surface area contributed by atoms with Crippen LogP contribution in [-0.4, -0.2) is 12.5 Å². The molecule has 1 heterocycles. The third kappa shape index (κ3) is 2.07. The molecule has 0 radical (unpaired) electrons. The standard InChI is InChI=1S/C17H14N2O/c18-12-11-17(20)19-15-7-3-1-5-13(15)9-10-14-6-2-4-8-16(14)19/h1-8H,11-12,18H2. The van der Waals surface area contributed by atoms with Gasteiger partial charge in [-0.25, -0.2) is 0 Å². The number of carbonyl (C=O) groups excluding carboxylic acids is 1. The Balaban J connectivity index is 2.22. The van der Waals surface area contributed by atoms with Crippen molar-refractivity contribution in [2.45, 2.75) is 6.42 Å². The number of carbonyl (C=O) groups is 1. The van der Waals surface area contributed by atoms with Gasteiger partial charge in [0.2, 0.25) is 5.91 Å². The molecule has 0 unspecified atom stereocenters. The molecule has 3 nitrogen and oxygen atoms in total. The normalized spacial score (nSPS) is 11.8. The van der Waals surface area contributed by atoms with Gasteiger partial charge >= 0.3 is 0 Å². The maximum absolute atomic E-state index is 12.5. The SMILES string of the molecule is NCCC(=O)N1c2ccccc2C#Cc2ccccc21. The Bertz CT molecular complexity index is 674. The van der Waals surface area contributed by atoms with Gasteiger partial charge in [0, 0.05) is 24.1 Å². The third-order valence-electron chi connectivity index (χ3n) is 3.23. The predicted octanol–water partition coefficient (Wildman–Crippen LogP) is 2.41. The highest BCUT2D eigenvalue weighted by atomic mass is 16.2. The van der Waals surface area contributed by atoms with Crippen molar-refractivity contribution in [2.75, 3.05) is 11.4 Å². The molecule has 0 spiro atoms. The van der Waals surface area contributed by atoms with Crippen LogP contribution in [0.25, 0.3) is 0 Å². The Labute approximate surface area is 118 Å². The number of para-hydroxylation sites is 2. The lowest BCUT2D eigenvalue weighted by Crippen LogP contribution is -2.28. The Hall–Kier alpha value is -2.57. The van der Waals surface area contributed by atoms with E-state index in [4.69, 9.17) is 5.73 Å². The van der Waals surface area contributed by atoms with Crippen molar-refractivity contribution in [1.82, 2.24) is 0 Å². The van der Waals surface area contributed by atoms with Gasteiger partial charge in [-0.15, -0.1) is 0 Å². The maximum atomic E-state index is 12.5. The summed E-state index contributed by atoms with van der Waals surface area (Å²) in [6.07, 6.45) is 0.308. The van der Waals surface area contributed by atoms with Crippen LogP contribution in [0.1, 0.15) is 17.5 Å². The van der Waals surface area contributed by atoms with Crippen LogP contribution in [0.15, 0.2) is 48.5 Å². The van der Waals surface area contributed by atoms with E-state index in [1.54, 1.807) is 4.90 Å². The summed E-state index contributed by atoms with van der Waals surface area (Å²) >= 11 is 0. The fraction of sp³-hybridized carbons (Fsp3) is 0.118. The first kappa shape index (κ1) is 12.5. The summed E-state index contributed by atoms with van der Waals surface area (Å²) in [6.45, 7) is 0.334. The number of rotatable bonds is 2. The number of nitrogens with zero attached hydrogens (tertiary/aromatic N) is 1. The molecule has 0 fully saturated rings. The van der Waals surface area contributed by atoms with Crippen molar-refractivity contribution < 1.29 is 4.79 Å². The highest BCUT2D eigenvalue weighted by molar-refractivity contribution is 6.03. The summed E-state index contributed by atoms with van der Waals surface area (Å²) in [6, 6.07) is 15.4. The maximum Gasteiger partial charge on any atom is 0.232 e. The van der Waals surface area contributed by atoms with Crippen LogP contribution in [0.4, 0.5) is 11.4 Å². The molecule has 2 aromatic carbocycles. The molecule has 1 amide bonds. The molecular weight excluding hydrogens is 248 g/mol. The number of amides is 1. The van der Waals surface area contributed by atoms with E-state index in [2.05, 4.69) is 11.8 Å². The van der Waals surface area contributed by atoms with Crippen molar-refractivity contribution in [3.8, 4) is 11.8 Å². The topological polar surface area (TPSA) is 46.3 Å². The van der Waals surface area contributed by atoms with Gasteiger partial charge in [-0.1, -0.05) is 36.1 Å². The number of anilines is 2. The Kier molecular flexibility index (Phi) is 3.24. The van der Waals surface area contributed by atoms with E-state index in [1.807, 2.05) is 48.5 Å². The minimum atomic E-state index is -0.0158. The smallest absolute Gasteiger partial charge is 0.232 e. The Morgan fingerprint density at radius 1 is 0.950 bits per heavy atom. The van der Waals surface area contributed by atoms with E-state index in [1.165, 1.54) is 0 Å². The van der Waals surface area contributed by atoms with E-state index in [0.717, 1.165) is 22.5 Å². The summed E-state index contributed by atoms with van der Waals surface area (Å²) < 4.78 is 0. The third-order valence-corrected chi connectivity index (χ3v) is 3.23. The minimum Gasteiger partial charge on any atom is -0.330 e. The van der Waals surface area contributed by atoms with Gasteiger partial charge in [-0.3, -0.25) is 9.69 Å². The molecule has 1 aliphatic heterocycles. The fourth-order valence-corrected chi connectivity index (χ4v) is 2.32. The molecule has 0 aromatic heterocycles. The number of nitrogens with two attached hydrogens (primary N) is 1. The molecule has 20 heavy (non-hydrogen) atoms. The summed E-state index contributed by atoms with van der Waals surface area (Å²) in [5.41, 5.74) is 8.89. The van der Waals surface area contributed by atoms with Crippen molar-refractivity contribution >= 4 is 17.3 Å². The van der Waals surface area contributed by atoms with E-state index in [-0.39, 0.29) is 5.91 Å². The van der Waals surface area contributed by atoms with Gasteiger partial charge in [-0.2, -0.15) is 0 Å². The minimum absolute atomic E-state index is 0.0158. The fourth-order valence-electron chi connectivity index (χ4n) is 2.32. The van der Waals surface area contributed by atoms with Crippen molar-refractivity contribution in [3.05, 3.63) is 59.7 Å². The van der Waals surface area contributed by atoms with Crippen molar-refractivity contribution in [1.29, 1.82) is 0 Å². The lowest BCUT2D eigenvalue weighted by molar-refractivity contribution is -0.117. The lowest BCUT2D eigenvalue weighted by Gasteiger charge is -2.24. The van der Waals surface area contributed by atoms with Crippen LogP contribution in [0.5, 0.6) is 0 Å². The first-order valence-corrected chi connectivity index (χ1v) is 6.54. The van der Waals surface area contributed by atoms with Gasteiger partial charge in [0.05, 0.1) is 11.4 Å². The zero-order valence-corrected chi connectivity index (χ0v) is 11.0. The Morgan fingerprint density at radius 3 is 1.95 bits per heavy atom. The molecule has 2 aromatic rings. The van der Waals surface area contributed by atoms with E-state index >= 15 is 0 Å². The summed E-state index contributed by atoms with van der Waals surface area (Å²) in [7, 11) is 0. The predicted molar refractivity (Wildman–Crippen MR) is 79.7 cm³/mol. The molecule has 0 bridgehead atoms. The number of benzene rings is 2. The van der Waals surface area contributed by atoms with Crippen LogP contribution < -0.4 is 10.6 Å². The van der Waals surface area contributed by atoms with Crippen LogP contribution >= 0.6 is 0 Å². The molecule has 98 valence electrons. The van der Waals surface area contributed by atoms with Crippen molar-refractivity contribution in [2.24, 2.45) is 5.73 Å². The monoisotopic (exact) mass is 262 g/mol. The summed E-state index contributed by atoms with van der Waals surface area (Å²) in [5.74, 6) is 6.25. The van der Waals surface area contributed by atoms with Gasteiger partial charge in [0.1, 0.15) is 0 Å². The van der Waals surface area contributed by atoms with Crippen LogP contribution in [0.2, 0.25) is 0 Å². The first-order chi connectivity index (χ1) is 9.81. The zero-order chi connectivity index (χ0) is 13.9. The second-order valence-corrected chi connectivity index (χ2v) is 4.55. The summed E-state index contributed by atoms with van der Waals surface area (Å²) in [5, 5.41) is 0. The van der Waals surface area contributed by atoms with E-state index in [0.29, 0.717) is 13.0 Å². The van der Waals surface area contributed by atoms with E-state index < -0.39 is 0 Å². The highest BCUT2D eigenvalue weighted by Gasteiger charge is 2.22. The van der Waals surface area contributed by atoms with Crippen LogP contribution in [-0.2, 0) is 4.79 Å². The number of hydrogen-bond donors (Lipinski definition) is 1. The molecule has 0 atom stereocenters. The molecule has 0 saturated heterocycles. The van der Waals surface area contributed by atoms with Crippen molar-refractivity contribution in [3.63, 3.8) is 0 Å². The molecule has 0 saturated carbocycles. The molecule has 3 rings (SSSR count).